The molecule has 2 rings (SSSR count). The number of rotatable bonds is 4. The fourth-order valence-corrected chi connectivity index (χ4v) is 2.18. The Morgan fingerprint density at radius 3 is 2.63 bits per heavy atom. The second kappa shape index (κ2) is 6.61. The predicted octanol–water partition coefficient (Wildman–Crippen LogP) is 3.50. The quantitative estimate of drug-likeness (QED) is 0.887. The molecule has 0 unspecified atom stereocenters. The van der Waals surface area contributed by atoms with Gasteiger partial charge in [0.05, 0.1) is 6.07 Å². The van der Waals surface area contributed by atoms with Gasteiger partial charge in [0.25, 0.3) is 0 Å². The van der Waals surface area contributed by atoms with E-state index in [9.17, 15) is 0 Å². The molecule has 0 aromatic heterocycles. The molecule has 0 atom stereocenters. The third-order valence-electron chi connectivity index (χ3n) is 3.29. The molecule has 0 fully saturated rings. The molecule has 96 valence electrons. The summed E-state index contributed by atoms with van der Waals surface area (Å²) in [6, 6.07) is 12.6. The van der Waals surface area contributed by atoms with Crippen molar-refractivity contribution < 1.29 is 0 Å². The van der Waals surface area contributed by atoms with Gasteiger partial charge in [0.1, 0.15) is 0 Å². The Balaban J connectivity index is 2.11. The van der Waals surface area contributed by atoms with E-state index in [0.717, 1.165) is 30.5 Å². The van der Waals surface area contributed by atoms with Crippen LogP contribution in [0.1, 0.15) is 18.4 Å². The van der Waals surface area contributed by atoms with Gasteiger partial charge >= 0.3 is 0 Å². The summed E-state index contributed by atoms with van der Waals surface area (Å²) in [7, 11) is 1.95. The summed E-state index contributed by atoms with van der Waals surface area (Å²) in [4.78, 5) is 0. The summed E-state index contributed by atoms with van der Waals surface area (Å²) in [6.07, 6.45) is 8.88. The summed E-state index contributed by atoms with van der Waals surface area (Å²) in [5, 5.41) is 12.1. The molecular formula is C17H18N2. The van der Waals surface area contributed by atoms with E-state index in [1.165, 1.54) is 11.1 Å². The maximum Gasteiger partial charge on any atom is 0.0947 e. The van der Waals surface area contributed by atoms with E-state index in [-0.39, 0.29) is 0 Å². The average molecular weight is 250 g/mol. The minimum Gasteiger partial charge on any atom is -0.388 e. The first-order valence-electron chi connectivity index (χ1n) is 6.55. The van der Waals surface area contributed by atoms with E-state index >= 15 is 0 Å². The molecule has 1 aliphatic rings. The Bertz CT molecular complexity index is 557. The minimum atomic E-state index is 0.840. The Labute approximate surface area is 114 Å². The van der Waals surface area contributed by atoms with E-state index in [4.69, 9.17) is 5.26 Å². The molecule has 0 spiro atoms. The van der Waals surface area contributed by atoms with Crippen LogP contribution in [0.5, 0.6) is 0 Å². The molecule has 0 bridgehead atoms. The number of nitrogens with one attached hydrogen (secondary N) is 1. The summed E-state index contributed by atoms with van der Waals surface area (Å²) in [5.41, 5.74) is 4.61. The standard InChI is InChI=1S/C17H18N2/c1-19-17(12-9-14-5-3-2-4-6-14)16-10-7-15(13-18)8-11-16/h2-7,10,12,19H,8-9,11H2,1H3/b17-12-. The van der Waals surface area contributed by atoms with Crippen LogP contribution in [0.25, 0.3) is 0 Å². The van der Waals surface area contributed by atoms with E-state index in [1.54, 1.807) is 0 Å². The van der Waals surface area contributed by atoms with Crippen molar-refractivity contribution >= 4 is 0 Å². The van der Waals surface area contributed by atoms with Crippen molar-refractivity contribution in [2.24, 2.45) is 0 Å². The highest BCUT2D eigenvalue weighted by molar-refractivity contribution is 5.41. The monoisotopic (exact) mass is 250 g/mol. The molecule has 1 N–H and O–H groups in total. The predicted molar refractivity (Wildman–Crippen MR) is 78.3 cm³/mol. The van der Waals surface area contributed by atoms with Crippen LogP contribution in [-0.2, 0) is 6.42 Å². The highest BCUT2D eigenvalue weighted by atomic mass is 14.8. The number of allylic oxidation sites excluding steroid dienone is 5. The number of benzene rings is 1. The van der Waals surface area contributed by atoms with Gasteiger partial charge in [0, 0.05) is 18.3 Å². The zero-order valence-corrected chi connectivity index (χ0v) is 11.2. The Morgan fingerprint density at radius 2 is 2.05 bits per heavy atom. The second-order valence-electron chi connectivity index (χ2n) is 4.55. The fourth-order valence-electron chi connectivity index (χ4n) is 2.18. The molecule has 0 heterocycles. The molecule has 2 heteroatoms. The van der Waals surface area contributed by atoms with Gasteiger partial charge in [-0.25, -0.2) is 0 Å². The molecule has 0 radical (unpaired) electrons. The first-order chi connectivity index (χ1) is 9.33. The van der Waals surface area contributed by atoms with Gasteiger partial charge in [-0.05, 0) is 36.5 Å². The van der Waals surface area contributed by atoms with Crippen LogP contribution in [0.4, 0.5) is 0 Å². The van der Waals surface area contributed by atoms with Gasteiger partial charge in [-0.2, -0.15) is 5.26 Å². The van der Waals surface area contributed by atoms with Crippen LogP contribution in [0, 0.1) is 11.3 Å². The van der Waals surface area contributed by atoms with Crippen LogP contribution in [-0.4, -0.2) is 7.05 Å². The second-order valence-corrected chi connectivity index (χ2v) is 4.55. The number of likely N-dealkylation sites (N-methyl/N-ethyl adjacent to an activating group) is 1. The Morgan fingerprint density at radius 1 is 1.26 bits per heavy atom. The normalized spacial score (nSPS) is 15.3. The topological polar surface area (TPSA) is 35.8 Å². The number of hydrogen-bond acceptors (Lipinski definition) is 2. The van der Waals surface area contributed by atoms with Gasteiger partial charge < -0.3 is 5.32 Å². The third kappa shape index (κ3) is 3.59. The third-order valence-corrected chi connectivity index (χ3v) is 3.29. The van der Waals surface area contributed by atoms with Crippen molar-refractivity contribution in [3.8, 4) is 6.07 Å². The van der Waals surface area contributed by atoms with Crippen molar-refractivity contribution in [3.05, 3.63) is 71.0 Å². The van der Waals surface area contributed by atoms with Gasteiger partial charge in [-0.1, -0.05) is 42.5 Å². The number of hydrogen-bond donors (Lipinski definition) is 1. The minimum absolute atomic E-state index is 0.840. The van der Waals surface area contributed by atoms with Crippen molar-refractivity contribution in [3.63, 3.8) is 0 Å². The zero-order valence-electron chi connectivity index (χ0n) is 11.2. The highest BCUT2D eigenvalue weighted by Gasteiger charge is 2.09. The van der Waals surface area contributed by atoms with E-state index in [2.05, 4.69) is 47.8 Å². The van der Waals surface area contributed by atoms with Crippen LogP contribution >= 0.6 is 0 Å². The van der Waals surface area contributed by atoms with Gasteiger partial charge in [0.15, 0.2) is 0 Å². The van der Waals surface area contributed by atoms with Crippen molar-refractivity contribution in [2.45, 2.75) is 19.3 Å². The molecule has 0 amide bonds. The van der Waals surface area contributed by atoms with E-state index in [0.29, 0.717) is 0 Å². The first-order valence-corrected chi connectivity index (χ1v) is 6.55. The van der Waals surface area contributed by atoms with E-state index in [1.807, 2.05) is 19.2 Å². The molecule has 19 heavy (non-hydrogen) atoms. The molecule has 0 saturated heterocycles. The molecule has 2 nitrogen and oxygen atoms in total. The lowest BCUT2D eigenvalue weighted by molar-refractivity contribution is 0.878. The van der Waals surface area contributed by atoms with Crippen molar-refractivity contribution in [1.29, 1.82) is 5.26 Å². The van der Waals surface area contributed by atoms with Crippen LogP contribution < -0.4 is 5.32 Å². The SMILES string of the molecule is CN/C(=C\Cc1ccccc1)C1=CC=C(C#N)CC1. The Kier molecular flexibility index (Phi) is 4.58. The smallest absolute Gasteiger partial charge is 0.0947 e. The fraction of sp³-hybridized carbons (Fsp3) is 0.235. The summed E-state index contributed by atoms with van der Waals surface area (Å²) >= 11 is 0. The van der Waals surface area contributed by atoms with Gasteiger partial charge in [-0.3, -0.25) is 0 Å². The summed E-state index contributed by atoms with van der Waals surface area (Å²) in [6.45, 7) is 0. The maximum atomic E-state index is 8.85. The molecule has 0 saturated carbocycles. The summed E-state index contributed by atoms with van der Waals surface area (Å²) in [5.74, 6) is 0. The summed E-state index contributed by atoms with van der Waals surface area (Å²) < 4.78 is 0. The van der Waals surface area contributed by atoms with Crippen LogP contribution in [0.3, 0.4) is 0 Å². The molecule has 0 aliphatic heterocycles. The Hall–Kier alpha value is -2.27. The lowest BCUT2D eigenvalue weighted by Gasteiger charge is -2.14. The number of nitrogens with zero attached hydrogens (tertiary/aromatic N) is 1. The lowest BCUT2D eigenvalue weighted by atomic mass is 9.96. The molecule has 1 aromatic rings. The molecule has 1 aromatic carbocycles. The average Bonchev–Trinajstić information content (AvgIpc) is 2.49. The van der Waals surface area contributed by atoms with Crippen LogP contribution in [0.15, 0.2) is 65.4 Å². The van der Waals surface area contributed by atoms with E-state index < -0.39 is 0 Å². The van der Waals surface area contributed by atoms with Crippen LogP contribution in [0.2, 0.25) is 0 Å². The molecule has 1 aliphatic carbocycles. The van der Waals surface area contributed by atoms with Crippen molar-refractivity contribution in [1.82, 2.24) is 5.32 Å². The lowest BCUT2D eigenvalue weighted by Crippen LogP contribution is -2.10. The highest BCUT2D eigenvalue weighted by Crippen LogP contribution is 2.22. The molecular weight excluding hydrogens is 232 g/mol. The zero-order chi connectivity index (χ0) is 13.5. The number of nitriles is 1. The largest absolute Gasteiger partial charge is 0.388 e. The van der Waals surface area contributed by atoms with Gasteiger partial charge in [-0.15, -0.1) is 0 Å². The van der Waals surface area contributed by atoms with Gasteiger partial charge in [0.2, 0.25) is 0 Å². The first kappa shape index (κ1) is 13.2. The van der Waals surface area contributed by atoms with Crippen molar-refractivity contribution in [2.75, 3.05) is 7.05 Å². The maximum absolute atomic E-state index is 8.85.